The summed E-state index contributed by atoms with van der Waals surface area (Å²) in [7, 11) is 0. The summed E-state index contributed by atoms with van der Waals surface area (Å²) in [5.41, 5.74) is 0. The molecule has 2 aliphatic heterocycles. The van der Waals surface area contributed by atoms with Gasteiger partial charge in [0.25, 0.3) is 0 Å². The van der Waals surface area contributed by atoms with Crippen molar-refractivity contribution in [1.29, 1.82) is 0 Å². The van der Waals surface area contributed by atoms with Crippen LogP contribution in [0, 0.1) is 0 Å². The number of amides is 1. The zero-order valence-corrected chi connectivity index (χ0v) is 5.67. The number of fused-ring (bicyclic) bond motifs is 1. The molecule has 0 saturated carbocycles. The number of ether oxygens (including phenoxy) is 1. The summed E-state index contributed by atoms with van der Waals surface area (Å²) in [5, 5.41) is 3.19. The Morgan fingerprint density at radius 2 is 2.60 bits per heavy atom. The molecule has 1 N–H and O–H groups in total. The Balaban J connectivity index is 2.08. The summed E-state index contributed by atoms with van der Waals surface area (Å²) in [4.78, 5) is 12.6. The molecule has 2 aliphatic rings. The van der Waals surface area contributed by atoms with Gasteiger partial charge in [-0.25, -0.2) is 4.79 Å². The van der Waals surface area contributed by atoms with Crippen molar-refractivity contribution in [1.82, 2.24) is 10.2 Å². The van der Waals surface area contributed by atoms with Crippen molar-refractivity contribution in [3.05, 3.63) is 0 Å². The molecule has 0 unspecified atom stereocenters. The highest BCUT2D eigenvalue weighted by Gasteiger charge is 2.33. The maximum absolute atomic E-state index is 10.9. The highest BCUT2D eigenvalue weighted by atomic mass is 16.6. The highest BCUT2D eigenvalue weighted by Crippen LogP contribution is 2.13. The van der Waals surface area contributed by atoms with E-state index in [1.807, 2.05) is 0 Å². The molecule has 1 atom stereocenters. The van der Waals surface area contributed by atoms with Crippen LogP contribution in [0.5, 0.6) is 0 Å². The average molecular weight is 142 g/mol. The van der Waals surface area contributed by atoms with Crippen LogP contribution < -0.4 is 5.32 Å². The van der Waals surface area contributed by atoms with Crippen LogP contribution in [0.15, 0.2) is 0 Å². The third-order valence-electron chi connectivity index (χ3n) is 1.93. The Morgan fingerprint density at radius 1 is 1.70 bits per heavy atom. The first kappa shape index (κ1) is 5.97. The van der Waals surface area contributed by atoms with Gasteiger partial charge in [0.15, 0.2) is 0 Å². The van der Waals surface area contributed by atoms with Crippen LogP contribution in [0.3, 0.4) is 0 Å². The van der Waals surface area contributed by atoms with E-state index in [-0.39, 0.29) is 12.3 Å². The lowest BCUT2D eigenvalue weighted by atomic mass is 10.3. The Hall–Kier alpha value is -0.770. The summed E-state index contributed by atoms with van der Waals surface area (Å²) in [5.74, 6) is 0. The quantitative estimate of drug-likeness (QED) is 0.507. The van der Waals surface area contributed by atoms with Gasteiger partial charge in [0, 0.05) is 6.54 Å². The lowest BCUT2D eigenvalue weighted by Gasteiger charge is -2.26. The third kappa shape index (κ3) is 0.759. The molecule has 2 saturated heterocycles. The highest BCUT2D eigenvalue weighted by molar-refractivity contribution is 5.70. The molecule has 0 aromatic rings. The Bertz CT molecular complexity index is 160. The molecule has 0 aromatic carbocycles. The second kappa shape index (κ2) is 2.12. The van der Waals surface area contributed by atoms with E-state index in [4.69, 9.17) is 4.74 Å². The number of nitrogens with zero attached hydrogens (tertiary/aromatic N) is 1. The summed E-state index contributed by atoms with van der Waals surface area (Å²) in [6, 6.07) is 0. The van der Waals surface area contributed by atoms with Gasteiger partial charge in [-0.15, -0.1) is 0 Å². The fourth-order valence-electron chi connectivity index (χ4n) is 1.38. The first-order valence-electron chi connectivity index (χ1n) is 3.55. The van der Waals surface area contributed by atoms with Crippen molar-refractivity contribution in [3.63, 3.8) is 0 Å². The topological polar surface area (TPSA) is 41.6 Å². The summed E-state index contributed by atoms with van der Waals surface area (Å²) in [6.45, 7) is 2.35. The average Bonchev–Trinajstić information content (AvgIpc) is 2.34. The van der Waals surface area contributed by atoms with Crippen LogP contribution in [-0.2, 0) is 4.74 Å². The van der Waals surface area contributed by atoms with Gasteiger partial charge in [-0.1, -0.05) is 0 Å². The van der Waals surface area contributed by atoms with Crippen molar-refractivity contribution >= 4 is 6.09 Å². The lowest BCUT2D eigenvalue weighted by Crippen LogP contribution is -2.49. The maximum Gasteiger partial charge on any atom is 0.411 e. The predicted octanol–water partition coefficient (Wildman–Crippen LogP) is -0.242. The first-order valence-corrected chi connectivity index (χ1v) is 3.55. The number of rotatable bonds is 0. The standard InChI is InChI=1S/C6H10N2O2/c9-6-8-3-1-2-7-5(8)4-10-6/h5,7H,1-4H2/t5-/m1/s1. The van der Waals surface area contributed by atoms with Crippen LogP contribution in [0.2, 0.25) is 0 Å². The molecule has 4 heteroatoms. The number of hydrogen-bond acceptors (Lipinski definition) is 3. The third-order valence-corrected chi connectivity index (χ3v) is 1.93. The minimum absolute atomic E-state index is 0.154. The molecule has 2 heterocycles. The minimum atomic E-state index is -0.169. The lowest BCUT2D eigenvalue weighted by molar-refractivity contribution is 0.153. The molecule has 0 aromatic heterocycles. The van der Waals surface area contributed by atoms with Gasteiger partial charge in [-0.05, 0) is 13.0 Å². The van der Waals surface area contributed by atoms with E-state index in [1.54, 1.807) is 4.90 Å². The molecular weight excluding hydrogens is 132 g/mol. The van der Waals surface area contributed by atoms with Crippen molar-refractivity contribution in [2.45, 2.75) is 12.6 Å². The summed E-state index contributed by atoms with van der Waals surface area (Å²) < 4.78 is 4.82. The maximum atomic E-state index is 10.9. The number of carbonyl (C=O) groups excluding carboxylic acids is 1. The summed E-state index contributed by atoms with van der Waals surface area (Å²) >= 11 is 0. The van der Waals surface area contributed by atoms with Crippen LogP contribution in [-0.4, -0.2) is 36.9 Å². The number of nitrogens with one attached hydrogen (secondary N) is 1. The van der Waals surface area contributed by atoms with Crippen LogP contribution in [0.4, 0.5) is 4.79 Å². The molecule has 0 aliphatic carbocycles. The molecule has 56 valence electrons. The number of hydrogen-bond donors (Lipinski definition) is 1. The van der Waals surface area contributed by atoms with Gasteiger partial charge in [0.2, 0.25) is 0 Å². The Labute approximate surface area is 59.1 Å². The fraction of sp³-hybridized carbons (Fsp3) is 0.833. The number of carbonyl (C=O) groups is 1. The molecule has 0 bridgehead atoms. The van der Waals surface area contributed by atoms with Gasteiger partial charge >= 0.3 is 6.09 Å². The van der Waals surface area contributed by atoms with Crippen molar-refractivity contribution < 1.29 is 9.53 Å². The van der Waals surface area contributed by atoms with Crippen molar-refractivity contribution in [2.75, 3.05) is 19.7 Å². The van der Waals surface area contributed by atoms with Gasteiger partial charge in [-0.3, -0.25) is 10.2 Å². The van der Waals surface area contributed by atoms with E-state index < -0.39 is 0 Å². The SMILES string of the molecule is O=C1OC[C@@H]2NCCCN12. The van der Waals surface area contributed by atoms with E-state index in [0.717, 1.165) is 19.5 Å². The van der Waals surface area contributed by atoms with Gasteiger partial charge in [0.1, 0.15) is 12.8 Å². The van der Waals surface area contributed by atoms with Crippen LogP contribution in [0.25, 0.3) is 0 Å². The van der Waals surface area contributed by atoms with E-state index in [2.05, 4.69) is 5.32 Å². The van der Waals surface area contributed by atoms with Crippen LogP contribution in [0.1, 0.15) is 6.42 Å². The molecule has 10 heavy (non-hydrogen) atoms. The predicted molar refractivity (Wildman–Crippen MR) is 34.5 cm³/mol. The zero-order chi connectivity index (χ0) is 6.97. The molecule has 4 nitrogen and oxygen atoms in total. The molecule has 0 radical (unpaired) electrons. The monoisotopic (exact) mass is 142 g/mol. The fourth-order valence-corrected chi connectivity index (χ4v) is 1.38. The van der Waals surface area contributed by atoms with Gasteiger partial charge in [0.05, 0.1) is 0 Å². The second-order valence-electron chi connectivity index (χ2n) is 2.59. The molecule has 2 fully saturated rings. The Morgan fingerprint density at radius 3 is 3.40 bits per heavy atom. The van der Waals surface area contributed by atoms with Gasteiger partial charge in [-0.2, -0.15) is 0 Å². The molecule has 1 amide bonds. The smallest absolute Gasteiger partial charge is 0.411 e. The van der Waals surface area contributed by atoms with Crippen molar-refractivity contribution in [2.24, 2.45) is 0 Å². The molecule has 2 rings (SSSR count). The minimum Gasteiger partial charge on any atom is -0.446 e. The zero-order valence-electron chi connectivity index (χ0n) is 5.67. The van der Waals surface area contributed by atoms with E-state index in [9.17, 15) is 4.79 Å². The van der Waals surface area contributed by atoms with E-state index in [1.165, 1.54) is 0 Å². The summed E-state index contributed by atoms with van der Waals surface area (Å²) in [6.07, 6.45) is 1.02. The van der Waals surface area contributed by atoms with Gasteiger partial charge < -0.3 is 4.74 Å². The largest absolute Gasteiger partial charge is 0.446 e. The molecular formula is C6H10N2O2. The number of cyclic esters (lactones) is 1. The molecule has 0 spiro atoms. The van der Waals surface area contributed by atoms with Crippen molar-refractivity contribution in [3.8, 4) is 0 Å². The normalized spacial score (nSPS) is 31.8. The second-order valence-corrected chi connectivity index (χ2v) is 2.59. The van der Waals surface area contributed by atoms with E-state index in [0.29, 0.717) is 6.61 Å². The van der Waals surface area contributed by atoms with Crippen LogP contribution >= 0.6 is 0 Å². The van der Waals surface area contributed by atoms with E-state index >= 15 is 0 Å². The Kier molecular flexibility index (Phi) is 1.27. The first-order chi connectivity index (χ1) is 4.88.